The summed E-state index contributed by atoms with van der Waals surface area (Å²) in [6, 6.07) is 27.3. The molecule has 0 fully saturated rings. The van der Waals surface area contributed by atoms with Crippen LogP contribution in [0.15, 0.2) is 85.3 Å². The summed E-state index contributed by atoms with van der Waals surface area (Å²) >= 11 is 0. The second-order valence-corrected chi connectivity index (χ2v) is 12.2. The maximum absolute atomic E-state index is 14.3. The van der Waals surface area contributed by atoms with Crippen molar-refractivity contribution in [2.75, 3.05) is 0 Å². The van der Waals surface area contributed by atoms with Gasteiger partial charge in [0, 0.05) is 41.0 Å². The zero-order valence-corrected chi connectivity index (χ0v) is 30.1. The molecule has 7 heteroatoms. The van der Waals surface area contributed by atoms with Crippen molar-refractivity contribution in [3.8, 4) is 34.1 Å². The van der Waals surface area contributed by atoms with Crippen LogP contribution in [0.5, 0.6) is 11.5 Å². The van der Waals surface area contributed by atoms with Gasteiger partial charge in [-0.15, -0.1) is 35.7 Å². The van der Waals surface area contributed by atoms with Crippen LogP contribution >= 0.6 is 0 Å². The third-order valence-corrected chi connectivity index (χ3v) is 9.22. The molecule has 244 valence electrons. The average Bonchev–Trinajstić information content (AvgIpc) is 3.69. The summed E-state index contributed by atoms with van der Waals surface area (Å²) in [5.74, 6) is 1.20. The second-order valence-electron chi connectivity index (χ2n) is 12.2. The van der Waals surface area contributed by atoms with E-state index >= 15 is 0 Å². The molecule has 0 atom stereocenters. The van der Waals surface area contributed by atoms with E-state index in [1.807, 2.05) is 70.0 Å². The van der Waals surface area contributed by atoms with E-state index in [2.05, 4.69) is 57.9 Å². The maximum Gasteiger partial charge on any atom is 2.00 e. The molecule has 0 radical (unpaired) electrons. The molecule has 0 spiro atoms. The zero-order valence-electron chi connectivity index (χ0n) is 27.8. The van der Waals surface area contributed by atoms with E-state index < -0.39 is 0 Å². The Labute approximate surface area is 295 Å². The molecule has 3 aromatic heterocycles. The Kier molecular flexibility index (Phi) is 9.66. The van der Waals surface area contributed by atoms with E-state index in [-0.39, 0.29) is 26.9 Å². The molecule has 0 saturated carbocycles. The van der Waals surface area contributed by atoms with Gasteiger partial charge in [-0.05, 0) is 90.2 Å². The first-order chi connectivity index (χ1) is 22.9. The van der Waals surface area contributed by atoms with E-state index in [0.717, 1.165) is 58.7 Å². The molecule has 0 bridgehead atoms. The Morgan fingerprint density at radius 2 is 1.52 bits per heavy atom. The molecule has 0 aliphatic heterocycles. The quantitative estimate of drug-likeness (QED) is 0.136. The predicted octanol–water partition coefficient (Wildman–Crippen LogP) is 10.4. The molecule has 5 nitrogen and oxygen atoms in total. The van der Waals surface area contributed by atoms with E-state index in [9.17, 15) is 4.39 Å². The van der Waals surface area contributed by atoms with Crippen molar-refractivity contribution in [3.05, 3.63) is 131 Å². The smallest absolute Gasteiger partial charge is 0.509 e. The zero-order chi connectivity index (χ0) is 32.7. The number of halogens is 1. The third-order valence-electron chi connectivity index (χ3n) is 9.22. The number of hydrogen-bond acceptors (Lipinski definition) is 3. The summed E-state index contributed by atoms with van der Waals surface area (Å²) in [4.78, 5) is 4.46. The summed E-state index contributed by atoms with van der Waals surface area (Å²) in [7, 11) is 0. The minimum absolute atomic E-state index is 0. The van der Waals surface area contributed by atoms with Crippen LogP contribution in [0, 0.1) is 38.7 Å². The van der Waals surface area contributed by atoms with Crippen LogP contribution in [0.3, 0.4) is 0 Å². The number of hydrogen-bond donors (Lipinski definition) is 0. The monoisotopic (exact) mass is 815 g/mol. The van der Waals surface area contributed by atoms with Crippen LogP contribution in [-0.2, 0) is 33.9 Å². The molecule has 0 aliphatic carbocycles. The standard InChI is InChI=1S/C41H37FN4O.Pt/c1-6-11-34-27(4)26(3)28(5)35(12-7-2)41(34)29-24-44-45(25-29)31-13-10-14-32(22-31)47-33-17-18-37-36-15-8-9-16-38(36)46(39(37)23-33)40-21-30(42)19-20-43-40;/h8-10,13-21,24-25H,6-7,11-12H2,1-5H3;/q-2;+2. The Hall–Kier alpha value is -4.54. The van der Waals surface area contributed by atoms with Crippen LogP contribution in [0.4, 0.5) is 4.39 Å². The summed E-state index contributed by atoms with van der Waals surface area (Å²) in [6.45, 7) is 11.3. The van der Waals surface area contributed by atoms with Gasteiger partial charge in [0.1, 0.15) is 11.6 Å². The molecule has 0 amide bonds. The van der Waals surface area contributed by atoms with Crippen LogP contribution < -0.4 is 4.74 Å². The Morgan fingerprint density at radius 1 is 0.792 bits per heavy atom. The van der Waals surface area contributed by atoms with Gasteiger partial charge >= 0.3 is 21.1 Å². The Bertz CT molecular complexity index is 2230. The number of pyridine rings is 1. The first-order valence-electron chi connectivity index (χ1n) is 16.3. The Morgan fingerprint density at radius 3 is 2.25 bits per heavy atom. The predicted molar refractivity (Wildman–Crippen MR) is 187 cm³/mol. The van der Waals surface area contributed by atoms with E-state index in [1.165, 1.54) is 51.7 Å². The first kappa shape index (κ1) is 33.4. The number of aromatic nitrogens is 4. The number of rotatable bonds is 9. The van der Waals surface area contributed by atoms with E-state index in [0.29, 0.717) is 17.3 Å². The molecule has 48 heavy (non-hydrogen) atoms. The number of nitrogens with zero attached hydrogens (tertiary/aromatic N) is 4. The molecule has 0 unspecified atom stereocenters. The van der Waals surface area contributed by atoms with Crippen molar-refractivity contribution >= 4 is 21.8 Å². The minimum atomic E-state index is -0.350. The molecule has 0 saturated heterocycles. The van der Waals surface area contributed by atoms with Gasteiger partial charge in [-0.3, -0.25) is 4.68 Å². The summed E-state index contributed by atoms with van der Waals surface area (Å²) in [5, 5.41) is 6.80. The maximum atomic E-state index is 14.3. The van der Waals surface area contributed by atoms with Gasteiger partial charge in [0.25, 0.3) is 0 Å². The third kappa shape index (κ3) is 5.99. The fourth-order valence-corrected chi connectivity index (χ4v) is 6.78. The topological polar surface area (TPSA) is 44.9 Å². The van der Waals surface area contributed by atoms with Gasteiger partial charge in [-0.2, -0.15) is 17.2 Å². The largest absolute Gasteiger partial charge is 2.00 e. The van der Waals surface area contributed by atoms with Crippen molar-refractivity contribution in [2.24, 2.45) is 0 Å². The average molecular weight is 816 g/mol. The van der Waals surface area contributed by atoms with Gasteiger partial charge in [-0.1, -0.05) is 50.4 Å². The molecule has 0 N–H and O–H groups in total. The molecule has 3 heterocycles. The summed E-state index contributed by atoms with van der Waals surface area (Å²) < 4.78 is 24.4. The number of ether oxygens (including phenoxy) is 1. The summed E-state index contributed by atoms with van der Waals surface area (Å²) in [5.41, 5.74) is 11.9. The summed E-state index contributed by atoms with van der Waals surface area (Å²) in [6.07, 6.45) is 9.81. The van der Waals surface area contributed by atoms with Crippen molar-refractivity contribution in [1.29, 1.82) is 0 Å². The van der Waals surface area contributed by atoms with Crippen LogP contribution in [-0.4, -0.2) is 19.3 Å². The number of fused-ring (bicyclic) bond motifs is 3. The van der Waals surface area contributed by atoms with Crippen LogP contribution in [0.25, 0.3) is 44.4 Å². The first-order valence-corrected chi connectivity index (χ1v) is 16.3. The molecule has 4 aromatic carbocycles. The minimum Gasteiger partial charge on any atom is -0.509 e. The van der Waals surface area contributed by atoms with E-state index in [4.69, 9.17) is 9.84 Å². The van der Waals surface area contributed by atoms with Gasteiger partial charge in [-0.25, -0.2) is 9.37 Å². The van der Waals surface area contributed by atoms with Crippen molar-refractivity contribution in [2.45, 2.75) is 60.3 Å². The van der Waals surface area contributed by atoms with E-state index in [1.54, 1.807) is 0 Å². The molecular formula is C41H37FN4OPt. The van der Waals surface area contributed by atoms with Crippen LogP contribution in [0.2, 0.25) is 0 Å². The molecule has 7 rings (SSSR count). The number of para-hydroxylation sites is 1. The van der Waals surface area contributed by atoms with Gasteiger partial charge in [0.05, 0.1) is 6.20 Å². The second kappa shape index (κ2) is 13.9. The molecule has 0 aliphatic rings. The van der Waals surface area contributed by atoms with Crippen molar-refractivity contribution < 1.29 is 30.2 Å². The normalized spacial score (nSPS) is 11.3. The fourth-order valence-electron chi connectivity index (χ4n) is 6.78. The van der Waals surface area contributed by atoms with Gasteiger partial charge in [0.2, 0.25) is 0 Å². The number of benzene rings is 4. The van der Waals surface area contributed by atoms with Crippen LogP contribution in [0.1, 0.15) is 54.5 Å². The van der Waals surface area contributed by atoms with Gasteiger partial charge in [0.15, 0.2) is 0 Å². The Balaban J connectivity index is 0.00000401. The van der Waals surface area contributed by atoms with Crippen molar-refractivity contribution in [1.82, 2.24) is 19.3 Å². The molecular weight excluding hydrogens is 779 g/mol. The van der Waals surface area contributed by atoms with Crippen molar-refractivity contribution in [3.63, 3.8) is 0 Å². The SMILES string of the molecule is CCCc1c(C)c(C)c(C)c(CCC)c1-c1cnn(-c2[c-]c(Oc3[c-]c4c(cc3)c3ccccc3n4-c3cc(F)ccn3)ccc2)c1.[Pt+2]. The van der Waals surface area contributed by atoms with Gasteiger partial charge < -0.3 is 9.30 Å². The molecule has 7 aromatic rings. The fraction of sp³-hybridized carbons (Fsp3) is 0.220.